The van der Waals surface area contributed by atoms with Crippen LogP contribution >= 0.6 is 12.2 Å². The van der Waals surface area contributed by atoms with E-state index in [0.717, 1.165) is 17.7 Å². The molecule has 0 aliphatic carbocycles. The first-order chi connectivity index (χ1) is 11.8. The lowest BCUT2D eigenvalue weighted by Gasteiger charge is -2.17. The zero-order valence-corrected chi connectivity index (χ0v) is 14.6. The van der Waals surface area contributed by atoms with Gasteiger partial charge in [-0.2, -0.15) is 13.2 Å². The highest BCUT2D eigenvalue weighted by molar-refractivity contribution is 7.80. The Hall–Kier alpha value is -2.21. The van der Waals surface area contributed by atoms with E-state index in [2.05, 4.69) is 5.32 Å². The summed E-state index contributed by atoms with van der Waals surface area (Å²) in [5.74, 6) is 0.120. The second-order valence-electron chi connectivity index (χ2n) is 6.28. The Labute approximate surface area is 149 Å². The minimum Gasteiger partial charge on any atom is -0.348 e. The van der Waals surface area contributed by atoms with Crippen LogP contribution in [0.2, 0.25) is 0 Å². The fraction of sp³-hybridized carbons (Fsp3) is 0.263. The largest absolute Gasteiger partial charge is 0.416 e. The summed E-state index contributed by atoms with van der Waals surface area (Å²) in [5.41, 5.74) is 1.54. The van der Waals surface area contributed by atoms with Gasteiger partial charge in [0.25, 0.3) is 0 Å². The van der Waals surface area contributed by atoms with E-state index in [-0.39, 0.29) is 12.0 Å². The van der Waals surface area contributed by atoms with E-state index >= 15 is 0 Å². The maximum atomic E-state index is 13.2. The van der Waals surface area contributed by atoms with E-state index in [0.29, 0.717) is 22.0 Å². The van der Waals surface area contributed by atoms with E-state index in [9.17, 15) is 13.2 Å². The topological polar surface area (TPSA) is 24.4 Å². The molecule has 25 heavy (non-hydrogen) atoms. The van der Waals surface area contributed by atoms with Crippen molar-refractivity contribution in [3.8, 4) is 0 Å². The highest BCUT2D eigenvalue weighted by Crippen LogP contribution is 2.34. The van der Waals surface area contributed by atoms with Crippen LogP contribution in [0.1, 0.15) is 30.5 Å². The van der Waals surface area contributed by atoms with E-state index in [4.69, 9.17) is 17.2 Å². The summed E-state index contributed by atoms with van der Waals surface area (Å²) < 4.78 is 39.6. The van der Waals surface area contributed by atoms with E-state index in [1.54, 1.807) is 0 Å². The van der Waals surface area contributed by atoms with Crippen molar-refractivity contribution in [1.82, 2.24) is 0 Å². The molecule has 0 saturated carbocycles. The Kier molecular flexibility index (Phi) is 4.64. The summed E-state index contributed by atoms with van der Waals surface area (Å²) in [6.07, 6.45) is -4.42. The van der Waals surface area contributed by atoms with Crippen LogP contribution in [-0.4, -0.2) is 16.7 Å². The van der Waals surface area contributed by atoms with Crippen LogP contribution in [0.15, 0.2) is 53.5 Å². The number of fused-ring (bicyclic) bond motifs is 1. The van der Waals surface area contributed by atoms with Crippen LogP contribution in [0.4, 0.5) is 18.9 Å². The number of halogens is 3. The lowest BCUT2D eigenvalue weighted by Crippen LogP contribution is -2.28. The van der Waals surface area contributed by atoms with Gasteiger partial charge < -0.3 is 5.32 Å². The molecule has 0 unspecified atom stereocenters. The number of nitrogens with zero attached hydrogens (tertiary/aromatic N) is 1. The molecule has 130 valence electrons. The molecule has 1 N–H and O–H groups in total. The monoisotopic (exact) mass is 362 g/mol. The predicted molar refractivity (Wildman–Crippen MR) is 98.4 cm³/mol. The zero-order chi connectivity index (χ0) is 18.2. The summed E-state index contributed by atoms with van der Waals surface area (Å²) in [7, 11) is 0. The fourth-order valence-corrected chi connectivity index (χ4v) is 3.21. The second-order valence-corrected chi connectivity index (χ2v) is 6.72. The van der Waals surface area contributed by atoms with Gasteiger partial charge in [-0.1, -0.05) is 56.4 Å². The Bertz CT molecular complexity index is 826. The standard InChI is InChI=1S/C19H17F3N2S/c1-11(2)16-18(25)23-15-9-8-13(19(20,21)22)10-14(15)17(24-16)12-6-4-3-5-7-12/h3-11,16H,1-2H3,(H,23,25)/t16-/m0/s1. The summed E-state index contributed by atoms with van der Waals surface area (Å²) >= 11 is 5.43. The van der Waals surface area contributed by atoms with Gasteiger partial charge in [0.1, 0.15) is 11.0 Å². The summed E-state index contributed by atoms with van der Waals surface area (Å²) in [6.45, 7) is 3.98. The first-order valence-electron chi connectivity index (χ1n) is 7.93. The number of hydrogen-bond donors (Lipinski definition) is 1. The third-order valence-corrected chi connectivity index (χ3v) is 4.42. The van der Waals surface area contributed by atoms with Crippen LogP contribution in [0.5, 0.6) is 0 Å². The van der Waals surface area contributed by atoms with E-state index in [1.807, 2.05) is 44.2 Å². The number of benzodiazepines with no additional fused rings is 1. The van der Waals surface area contributed by atoms with Gasteiger partial charge in [0.15, 0.2) is 0 Å². The molecule has 2 nitrogen and oxygen atoms in total. The molecular formula is C19H17F3N2S. The van der Waals surface area contributed by atoms with E-state index in [1.165, 1.54) is 6.07 Å². The molecule has 0 aromatic heterocycles. The molecule has 2 aromatic carbocycles. The lowest BCUT2D eigenvalue weighted by molar-refractivity contribution is -0.137. The Morgan fingerprint density at radius 1 is 1.08 bits per heavy atom. The van der Waals surface area contributed by atoms with Crippen LogP contribution in [-0.2, 0) is 6.18 Å². The van der Waals surface area contributed by atoms with Crippen molar-refractivity contribution < 1.29 is 13.2 Å². The molecule has 1 aliphatic heterocycles. The molecule has 0 bridgehead atoms. The van der Waals surface area contributed by atoms with Crippen molar-refractivity contribution in [2.45, 2.75) is 26.1 Å². The highest BCUT2D eigenvalue weighted by atomic mass is 32.1. The van der Waals surface area contributed by atoms with Crippen molar-refractivity contribution in [3.63, 3.8) is 0 Å². The third kappa shape index (κ3) is 3.58. The first-order valence-corrected chi connectivity index (χ1v) is 8.34. The van der Waals surface area contributed by atoms with Crippen molar-refractivity contribution in [2.24, 2.45) is 10.9 Å². The van der Waals surface area contributed by atoms with Gasteiger partial charge in [-0.3, -0.25) is 4.99 Å². The number of rotatable bonds is 2. The van der Waals surface area contributed by atoms with Crippen LogP contribution < -0.4 is 5.32 Å². The van der Waals surface area contributed by atoms with Crippen molar-refractivity contribution >= 4 is 28.6 Å². The molecule has 0 fully saturated rings. The molecule has 1 heterocycles. The maximum absolute atomic E-state index is 13.2. The average Bonchev–Trinajstić information content (AvgIpc) is 2.70. The molecule has 0 radical (unpaired) electrons. The molecule has 3 rings (SSSR count). The number of anilines is 1. The van der Waals surface area contributed by atoms with Crippen LogP contribution in [0.3, 0.4) is 0 Å². The normalized spacial score (nSPS) is 17.6. The Balaban J connectivity index is 2.24. The Morgan fingerprint density at radius 3 is 2.36 bits per heavy atom. The number of nitrogens with one attached hydrogen (secondary N) is 1. The van der Waals surface area contributed by atoms with Crippen molar-refractivity contribution in [3.05, 3.63) is 65.2 Å². The van der Waals surface area contributed by atoms with Gasteiger partial charge in [-0.15, -0.1) is 0 Å². The van der Waals surface area contributed by atoms with E-state index < -0.39 is 11.7 Å². The van der Waals surface area contributed by atoms with Crippen molar-refractivity contribution in [2.75, 3.05) is 5.32 Å². The number of thiocarbonyl (C=S) groups is 1. The maximum Gasteiger partial charge on any atom is 0.416 e. The predicted octanol–water partition coefficient (Wildman–Crippen LogP) is 5.32. The minimum atomic E-state index is -4.42. The minimum absolute atomic E-state index is 0.120. The Morgan fingerprint density at radius 2 is 1.76 bits per heavy atom. The van der Waals surface area contributed by atoms with Gasteiger partial charge in [-0.25, -0.2) is 0 Å². The molecule has 1 aliphatic rings. The molecule has 2 aromatic rings. The number of alkyl halides is 3. The second kappa shape index (κ2) is 6.59. The number of benzene rings is 2. The molecule has 0 amide bonds. The summed E-state index contributed by atoms with van der Waals surface area (Å²) in [4.78, 5) is 5.25. The number of hydrogen-bond acceptors (Lipinski definition) is 2. The molecular weight excluding hydrogens is 345 g/mol. The highest BCUT2D eigenvalue weighted by Gasteiger charge is 2.33. The lowest BCUT2D eigenvalue weighted by atomic mass is 9.98. The molecule has 6 heteroatoms. The fourth-order valence-electron chi connectivity index (χ4n) is 2.78. The molecule has 0 spiro atoms. The quantitative estimate of drug-likeness (QED) is 0.731. The zero-order valence-electron chi connectivity index (χ0n) is 13.8. The first kappa shape index (κ1) is 17.6. The average molecular weight is 362 g/mol. The SMILES string of the molecule is CC(C)[C@@H]1N=C(c2ccccc2)c2cc(C(F)(F)F)ccc2NC1=S. The van der Waals surface area contributed by atoms with Crippen LogP contribution in [0.25, 0.3) is 0 Å². The summed E-state index contributed by atoms with van der Waals surface area (Å²) in [6, 6.07) is 12.5. The summed E-state index contributed by atoms with van der Waals surface area (Å²) in [5, 5.41) is 3.08. The van der Waals surface area contributed by atoms with Gasteiger partial charge >= 0.3 is 6.18 Å². The molecule has 0 saturated heterocycles. The van der Waals surface area contributed by atoms with Gasteiger partial charge in [0.2, 0.25) is 0 Å². The van der Waals surface area contributed by atoms with Crippen molar-refractivity contribution in [1.29, 1.82) is 0 Å². The van der Waals surface area contributed by atoms with Gasteiger partial charge in [-0.05, 0) is 24.1 Å². The van der Waals surface area contributed by atoms with Gasteiger partial charge in [0, 0.05) is 16.8 Å². The molecule has 1 atom stereocenters. The van der Waals surface area contributed by atoms with Crippen LogP contribution in [0, 0.1) is 5.92 Å². The third-order valence-electron chi connectivity index (χ3n) is 4.08. The number of aliphatic imine (C=N–C) groups is 1. The van der Waals surface area contributed by atoms with Gasteiger partial charge in [0.05, 0.1) is 11.3 Å². The smallest absolute Gasteiger partial charge is 0.348 e.